The molecule has 1 N–H and O–H groups in total. The molecule has 6 aromatic rings. The molecule has 5 aromatic carbocycles. The number of rotatable bonds is 25. The average molecular weight is 1370 g/mol. The zero-order valence-corrected chi connectivity index (χ0v) is 56.3. The third kappa shape index (κ3) is 17.0. The molecule has 3 aliphatic heterocycles. The Hall–Kier alpha value is -7.90. The van der Waals surface area contributed by atoms with Crippen LogP contribution >= 0.6 is 11.3 Å². The number of amides is 5. The minimum absolute atomic E-state index is 0.0298. The molecule has 1 aromatic heterocycles. The number of aryl methyl sites for hydroxylation is 1. The number of likely N-dealkylation sites (N-methyl/N-ethyl adjacent to an activating group) is 3. The second-order valence-corrected chi connectivity index (χ2v) is 27.3. The van der Waals surface area contributed by atoms with Crippen molar-refractivity contribution >= 4 is 51.7 Å². The van der Waals surface area contributed by atoms with Crippen LogP contribution in [0.3, 0.4) is 0 Å². The summed E-state index contributed by atoms with van der Waals surface area (Å²) in [6.45, 7) is 6.77. The maximum absolute atomic E-state index is 14.3. The number of anilines is 2. The normalized spacial score (nSPS) is 18.3. The van der Waals surface area contributed by atoms with E-state index in [4.69, 9.17) is 9.47 Å². The van der Waals surface area contributed by atoms with Crippen LogP contribution in [-0.4, -0.2) is 190 Å². The van der Waals surface area contributed by atoms with Crippen molar-refractivity contribution in [2.45, 2.75) is 107 Å². The van der Waals surface area contributed by atoms with Gasteiger partial charge in [0.05, 0.1) is 39.3 Å². The number of ether oxygens (including phenoxy) is 2. The predicted molar refractivity (Wildman–Crippen MR) is 358 cm³/mol. The summed E-state index contributed by atoms with van der Waals surface area (Å²) < 4.78 is 110. The average Bonchev–Trinajstić information content (AvgIpc) is 1.61. The van der Waals surface area contributed by atoms with Crippen LogP contribution in [0.1, 0.15) is 111 Å². The zero-order chi connectivity index (χ0) is 69.4. The number of para-hydroxylation sites is 1. The Morgan fingerprint density at radius 3 is 2.00 bits per heavy atom. The maximum Gasteiger partial charge on any atom is 0.416 e. The molecule has 24 heteroatoms. The largest absolute Gasteiger partial charge is 0.465 e. The van der Waals surface area contributed by atoms with Crippen LogP contribution < -0.4 is 9.80 Å². The van der Waals surface area contributed by atoms with Gasteiger partial charge in [-0.2, -0.15) is 26.3 Å². The molecule has 97 heavy (non-hydrogen) atoms. The first-order valence-electron chi connectivity index (χ1n) is 33.1. The molecule has 520 valence electrons. The summed E-state index contributed by atoms with van der Waals surface area (Å²) in [7, 11) is 7.25. The smallest absolute Gasteiger partial charge is 0.416 e. The van der Waals surface area contributed by atoms with Crippen LogP contribution in [0.2, 0.25) is 0 Å². The van der Waals surface area contributed by atoms with Crippen LogP contribution in [0.5, 0.6) is 0 Å². The summed E-state index contributed by atoms with van der Waals surface area (Å²) in [6, 6.07) is 33.7. The molecule has 10 rings (SSSR count). The van der Waals surface area contributed by atoms with Gasteiger partial charge in [-0.05, 0) is 142 Å². The lowest BCUT2D eigenvalue weighted by Gasteiger charge is -2.44. The van der Waals surface area contributed by atoms with Gasteiger partial charge in [0.1, 0.15) is 24.8 Å². The highest BCUT2D eigenvalue weighted by Gasteiger charge is 2.50. The number of carboxylic acid groups (broad SMARTS) is 1. The number of hydrogen-bond donors (Lipinski definition) is 1. The van der Waals surface area contributed by atoms with E-state index in [0.717, 1.165) is 76.6 Å². The minimum Gasteiger partial charge on any atom is -0.465 e. The van der Waals surface area contributed by atoms with Crippen LogP contribution in [0.4, 0.5) is 46.2 Å². The fourth-order valence-electron chi connectivity index (χ4n) is 14.1. The number of unbranched alkanes of at least 4 members (excludes halogenated alkanes) is 2. The van der Waals surface area contributed by atoms with E-state index in [1.807, 2.05) is 93.8 Å². The number of likely N-dealkylation sites (tertiary alicyclic amines) is 2. The minimum atomic E-state index is -5.15. The molecule has 5 amide bonds. The van der Waals surface area contributed by atoms with Gasteiger partial charge < -0.3 is 48.9 Å². The van der Waals surface area contributed by atoms with Crippen molar-refractivity contribution in [2.75, 3.05) is 123 Å². The van der Waals surface area contributed by atoms with Gasteiger partial charge in [0, 0.05) is 110 Å². The molecule has 0 unspecified atom stereocenters. The van der Waals surface area contributed by atoms with Crippen molar-refractivity contribution in [2.24, 2.45) is 0 Å². The van der Waals surface area contributed by atoms with Crippen molar-refractivity contribution in [1.82, 2.24) is 29.4 Å². The summed E-state index contributed by atoms with van der Waals surface area (Å²) in [5.41, 5.74) is 0.451. The fourth-order valence-corrected chi connectivity index (χ4v) is 15.2. The van der Waals surface area contributed by atoms with Crippen LogP contribution in [-0.2, 0) is 48.9 Å². The molecular formula is C73H85F7N8O8S. The lowest BCUT2D eigenvalue weighted by Crippen LogP contribution is -2.50. The monoisotopic (exact) mass is 1370 g/mol. The van der Waals surface area contributed by atoms with Gasteiger partial charge >= 0.3 is 18.4 Å². The summed E-state index contributed by atoms with van der Waals surface area (Å²) in [6.07, 6.45) is -5.12. The van der Waals surface area contributed by atoms with Gasteiger partial charge in [-0.1, -0.05) is 91.3 Å². The molecule has 4 heterocycles. The number of hydrogen-bond acceptors (Lipinski definition) is 11. The fraction of sp³-hybridized carbons (Fsp3) is 0.466. The Kier molecular flexibility index (Phi) is 22.9. The van der Waals surface area contributed by atoms with Gasteiger partial charge in [-0.15, -0.1) is 11.3 Å². The Labute approximate surface area is 566 Å². The number of alkyl halides is 6. The number of thiophene rings is 1. The van der Waals surface area contributed by atoms with Gasteiger partial charge in [0.2, 0.25) is 11.8 Å². The molecule has 3 fully saturated rings. The molecule has 0 radical (unpaired) electrons. The number of fused-ring (bicyclic) bond motifs is 2. The van der Waals surface area contributed by atoms with Crippen molar-refractivity contribution in [3.8, 4) is 11.1 Å². The molecule has 1 spiro atoms. The number of carbonyl (C=O) groups is 5. The first-order chi connectivity index (χ1) is 46.2. The Balaban J connectivity index is 0.643. The molecule has 16 nitrogen and oxygen atoms in total. The van der Waals surface area contributed by atoms with E-state index in [1.165, 1.54) is 40.5 Å². The van der Waals surface area contributed by atoms with Gasteiger partial charge in [0.15, 0.2) is 0 Å². The highest BCUT2D eigenvalue weighted by Crippen LogP contribution is 2.49. The second kappa shape index (κ2) is 30.9. The molecular weight excluding hydrogens is 1280 g/mol. The number of nitrogens with zero attached hydrogens (tertiary/aromatic N) is 8. The SMILES string of the molecule is Cc1cc(N(C)CCCCCC(=O)N(C)CCN2CCC(N(C(=O)O)c3ccccc3-c3ccccc3)CC2)sc1C(=O)N(C)CCN(C)C(=O)CO[C@H]1Cc2ccccc2C12CCN(CC[C@]1(c3ccc(F)cc3)CN(C(=O)c3cc(C(F)(F)F)cc(C(F)(F)F)c3)CO1)CC2. The van der Waals surface area contributed by atoms with Crippen LogP contribution in [0, 0.1) is 12.7 Å². The Morgan fingerprint density at radius 2 is 1.32 bits per heavy atom. The van der Waals surface area contributed by atoms with Gasteiger partial charge in [-0.25, -0.2) is 9.18 Å². The van der Waals surface area contributed by atoms with Crippen LogP contribution in [0.25, 0.3) is 11.1 Å². The van der Waals surface area contributed by atoms with E-state index in [-0.39, 0.29) is 68.6 Å². The lowest BCUT2D eigenvalue weighted by molar-refractivity contribution is -0.143. The van der Waals surface area contributed by atoms with Crippen molar-refractivity contribution in [1.29, 1.82) is 0 Å². The summed E-state index contributed by atoms with van der Waals surface area (Å²) >= 11 is 1.43. The van der Waals surface area contributed by atoms with Gasteiger partial charge in [0.25, 0.3) is 11.8 Å². The highest BCUT2D eigenvalue weighted by atomic mass is 32.1. The molecule has 4 aliphatic rings. The van der Waals surface area contributed by atoms with E-state index in [2.05, 4.69) is 26.8 Å². The molecule has 3 saturated heterocycles. The van der Waals surface area contributed by atoms with Crippen molar-refractivity contribution in [3.05, 3.63) is 177 Å². The molecule has 0 bridgehead atoms. The van der Waals surface area contributed by atoms with E-state index in [9.17, 15) is 59.8 Å². The van der Waals surface area contributed by atoms with Crippen molar-refractivity contribution < 1.29 is 69.3 Å². The van der Waals surface area contributed by atoms with Crippen molar-refractivity contribution in [3.63, 3.8) is 0 Å². The molecule has 2 atom stereocenters. The standard InChI is InChI=1S/C73H85F7N8O8S/c1-50-42-65(83(4)32-15-7-10-22-63(89)81(2)40-41-85-33-27-58(28-34-85)88(69(93)94)61-21-14-12-19-59(61)51-16-8-6-9-17-51)97-66(50)68(92)84(5)39-38-82(3)64(90)47-95-62-45-52-18-11-13-20-60(52)70(62)29-35-86(36-30-70)37-31-71(54-23-25-57(74)26-24-54)48-87(49-96-71)67(91)53-43-55(72(75,76)77)46-56(44-53)73(78,79)80/h6,8-9,11-14,16-21,23-26,42-44,46,58,62H,7,10,15,22,27-41,45,47-49H2,1-5H3,(H,93,94)/t62-,71+/m0/s1. The first kappa shape index (κ1) is 71.9. The lowest BCUT2D eigenvalue weighted by atomic mass is 9.72. The Morgan fingerprint density at radius 1 is 0.691 bits per heavy atom. The summed E-state index contributed by atoms with van der Waals surface area (Å²) in [5.74, 6) is -1.90. The Bertz CT molecular complexity index is 3700. The van der Waals surface area contributed by atoms with E-state index in [0.29, 0.717) is 99.5 Å². The van der Waals surface area contributed by atoms with E-state index < -0.39 is 64.6 Å². The summed E-state index contributed by atoms with van der Waals surface area (Å²) in [4.78, 5) is 82.2. The van der Waals surface area contributed by atoms with Crippen LogP contribution in [0.15, 0.2) is 127 Å². The number of benzene rings is 5. The van der Waals surface area contributed by atoms with Gasteiger partial charge in [-0.3, -0.25) is 24.1 Å². The highest BCUT2D eigenvalue weighted by molar-refractivity contribution is 7.18. The maximum atomic E-state index is 14.3. The van der Waals surface area contributed by atoms with E-state index in [1.54, 1.807) is 28.8 Å². The zero-order valence-electron chi connectivity index (χ0n) is 55.5. The van der Waals surface area contributed by atoms with E-state index >= 15 is 0 Å². The third-order valence-electron chi connectivity index (χ3n) is 20.0. The third-order valence-corrected chi connectivity index (χ3v) is 21.3. The number of halogens is 7. The predicted octanol–water partition coefficient (Wildman–Crippen LogP) is 12.9. The number of piperidine rings is 2. The number of carbonyl (C=O) groups excluding carboxylic acids is 4. The molecule has 1 aliphatic carbocycles. The quantitative estimate of drug-likeness (QED) is 0.0431. The topological polar surface area (TPSA) is 150 Å². The molecule has 0 saturated carbocycles. The second-order valence-electron chi connectivity index (χ2n) is 26.3. The first-order valence-corrected chi connectivity index (χ1v) is 33.9. The summed E-state index contributed by atoms with van der Waals surface area (Å²) in [5, 5.41) is 11.3.